The van der Waals surface area contributed by atoms with Crippen LogP contribution in [0.25, 0.3) is 16.9 Å². The predicted molar refractivity (Wildman–Crippen MR) is 146 cm³/mol. The zero-order valence-corrected chi connectivity index (χ0v) is 21.6. The van der Waals surface area contributed by atoms with E-state index in [0.717, 1.165) is 22.6 Å². The minimum Gasteiger partial charge on any atom is -0.495 e. The number of rotatable bonds is 5. The summed E-state index contributed by atoms with van der Waals surface area (Å²) in [4.78, 5) is 30.2. The van der Waals surface area contributed by atoms with E-state index in [1.165, 1.54) is 0 Å². The number of carbonyl (C=O) groups is 2. The van der Waals surface area contributed by atoms with Gasteiger partial charge in [-0.25, -0.2) is 0 Å². The molecule has 5 rings (SSSR count). The van der Waals surface area contributed by atoms with Crippen molar-refractivity contribution in [3.8, 4) is 22.7 Å². The molecule has 1 aromatic heterocycles. The van der Waals surface area contributed by atoms with Crippen LogP contribution >= 0.6 is 11.6 Å². The van der Waals surface area contributed by atoms with E-state index in [2.05, 4.69) is 4.57 Å². The maximum Gasteiger partial charge on any atom is 0.255 e. The molecule has 188 valence electrons. The molecule has 6 nitrogen and oxygen atoms in total. The molecule has 0 unspecified atom stereocenters. The summed E-state index contributed by atoms with van der Waals surface area (Å²) < 4.78 is 7.71. The van der Waals surface area contributed by atoms with Gasteiger partial charge in [-0.3, -0.25) is 9.59 Å². The molecule has 37 heavy (non-hydrogen) atoms. The number of piperazine rings is 1. The second-order valence-corrected chi connectivity index (χ2v) is 9.43. The van der Waals surface area contributed by atoms with E-state index in [0.29, 0.717) is 48.1 Å². The Labute approximate surface area is 221 Å². The number of nitrogens with zero attached hydrogens (tertiary/aromatic N) is 3. The summed E-state index contributed by atoms with van der Waals surface area (Å²) in [7, 11) is 1.64. The van der Waals surface area contributed by atoms with E-state index in [-0.39, 0.29) is 11.8 Å². The highest BCUT2D eigenvalue weighted by Crippen LogP contribution is 2.34. The van der Waals surface area contributed by atoms with E-state index in [1.54, 1.807) is 7.11 Å². The second-order valence-electron chi connectivity index (χ2n) is 8.99. The molecule has 0 bridgehead atoms. The molecule has 1 saturated heterocycles. The van der Waals surface area contributed by atoms with Crippen LogP contribution in [-0.4, -0.2) is 59.5 Å². The van der Waals surface area contributed by atoms with Crippen molar-refractivity contribution < 1.29 is 14.3 Å². The molecule has 0 atom stereocenters. The number of hydrogen-bond donors (Lipinski definition) is 0. The van der Waals surface area contributed by atoms with Gasteiger partial charge in [0.05, 0.1) is 24.1 Å². The Morgan fingerprint density at radius 1 is 0.784 bits per heavy atom. The molecular weight excluding hydrogens is 486 g/mol. The third-order valence-electron chi connectivity index (χ3n) is 6.82. The minimum absolute atomic E-state index is 0.00349. The maximum absolute atomic E-state index is 13.8. The van der Waals surface area contributed by atoms with Crippen LogP contribution in [0, 0.1) is 6.92 Å². The first kappa shape index (κ1) is 24.7. The first-order valence-electron chi connectivity index (χ1n) is 12.2. The lowest BCUT2D eigenvalue weighted by Gasteiger charge is -2.34. The summed E-state index contributed by atoms with van der Waals surface area (Å²) >= 11 is 6.15. The largest absolute Gasteiger partial charge is 0.495 e. The number of hydrogen-bond acceptors (Lipinski definition) is 3. The average molecular weight is 514 g/mol. The van der Waals surface area contributed by atoms with E-state index >= 15 is 0 Å². The van der Waals surface area contributed by atoms with Gasteiger partial charge in [0.25, 0.3) is 11.8 Å². The van der Waals surface area contributed by atoms with Crippen molar-refractivity contribution in [3.63, 3.8) is 0 Å². The lowest BCUT2D eigenvalue weighted by atomic mass is 10.1. The first-order chi connectivity index (χ1) is 18.0. The molecule has 4 aromatic rings. The van der Waals surface area contributed by atoms with Crippen molar-refractivity contribution >= 4 is 23.4 Å². The topological polar surface area (TPSA) is 54.8 Å². The van der Waals surface area contributed by atoms with Gasteiger partial charge in [0.15, 0.2) is 0 Å². The fourth-order valence-corrected chi connectivity index (χ4v) is 4.95. The Balaban J connectivity index is 1.45. The van der Waals surface area contributed by atoms with Gasteiger partial charge in [-0.1, -0.05) is 54.1 Å². The Morgan fingerprint density at radius 2 is 1.38 bits per heavy atom. The van der Waals surface area contributed by atoms with Crippen LogP contribution in [0.4, 0.5) is 0 Å². The van der Waals surface area contributed by atoms with Gasteiger partial charge in [0.1, 0.15) is 5.75 Å². The van der Waals surface area contributed by atoms with Crippen molar-refractivity contribution in [1.29, 1.82) is 0 Å². The van der Waals surface area contributed by atoms with E-state index in [9.17, 15) is 9.59 Å². The zero-order chi connectivity index (χ0) is 25.9. The fraction of sp³-hybridized carbons (Fsp3) is 0.200. The highest BCUT2D eigenvalue weighted by atomic mass is 35.5. The smallest absolute Gasteiger partial charge is 0.255 e. The zero-order valence-electron chi connectivity index (χ0n) is 20.9. The quantitative estimate of drug-likeness (QED) is 0.343. The molecule has 0 spiro atoms. The standard InChI is InChI=1S/C30H28ClN3O3/c1-21-25(30(36)33-18-16-32(17-19-33)29(35)23-8-4-3-5-9-23)20-27(22-12-14-24(31)15-13-22)34(21)26-10-6-7-11-28(26)37-2/h3-15,20H,16-19H2,1-2H3. The molecule has 0 aliphatic carbocycles. The van der Waals surface area contributed by atoms with Gasteiger partial charge in [-0.2, -0.15) is 0 Å². The predicted octanol–water partition coefficient (Wildman–Crippen LogP) is 5.71. The molecule has 1 fully saturated rings. The lowest BCUT2D eigenvalue weighted by molar-refractivity contribution is 0.0535. The number of ether oxygens (including phenoxy) is 1. The Hall–Kier alpha value is -4.03. The molecule has 1 aliphatic heterocycles. The van der Waals surface area contributed by atoms with Crippen molar-refractivity contribution in [2.24, 2.45) is 0 Å². The molecule has 0 saturated carbocycles. The van der Waals surface area contributed by atoms with Gasteiger partial charge >= 0.3 is 0 Å². The van der Waals surface area contributed by atoms with Crippen molar-refractivity contribution in [2.75, 3.05) is 33.3 Å². The monoisotopic (exact) mass is 513 g/mol. The Bertz CT molecular complexity index is 1420. The van der Waals surface area contributed by atoms with Crippen LogP contribution in [0.15, 0.2) is 84.9 Å². The molecule has 7 heteroatoms. The molecule has 2 heterocycles. The molecule has 0 N–H and O–H groups in total. The molecule has 2 amide bonds. The van der Waals surface area contributed by atoms with Crippen LogP contribution in [0.2, 0.25) is 5.02 Å². The Kier molecular flexibility index (Phi) is 7.01. The summed E-state index contributed by atoms with van der Waals surface area (Å²) in [6.07, 6.45) is 0. The van der Waals surface area contributed by atoms with Gasteiger partial charge < -0.3 is 19.1 Å². The normalized spacial score (nSPS) is 13.5. The van der Waals surface area contributed by atoms with E-state index in [1.807, 2.05) is 102 Å². The maximum atomic E-state index is 13.8. The van der Waals surface area contributed by atoms with Crippen molar-refractivity contribution in [2.45, 2.75) is 6.92 Å². The SMILES string of the molecule is COc1ccccc1-n1c(-c2ccc(Cl)cc2)cc(C(=O)N2CCN(C(=O)c3ccccc3)CC2)c1C. The second kappa shape index (κ2) is 10.5. The highest BCUT2D eigenvalue weighted by molar-refractivity contribution is 6.30. The summed E-state index contributed by atoms with van der Waals surface area (Å²) in [6, 6.07) is 26.5. The molecular formula is C30H28ClN3O3. The van der Waals surface area contributed by atoms with Crippen LogP contribution in [0.3, 0.4) is 0 Å². The number of methoxy groups -OCH3 is 1. The number of halogens is 1. The number of amides is 2. The number of carbonyl (C=O) groups excluding carboxylic acids is 2. The number of benzene rings is 3. The number of aromatic nitrogens is 1. The van der Waals surface area contributed by atoms with Gasteiger partial charge in [0, 0.05) is 42.5 Å². The van der Waals surface area contributed by atoms with Crippen molar-refractivity contribution in [3.05, 3.63) is 107 Å². The summed E-state index contributed by atoms with van der Waals surface area (Å²) in [6.45, 7) is 3.90. The summed E-state index contributed by atoms with van der Waals surface area (Å²) in [5.41, 5.74) is 4.78. The van der Waals surface area contributed by atoms with Gasteiger partial charge in [-0.15, -0.1) is 0 Å². The third-order valence-corrected chi connectivity index (χ3v) is 7.07. The van der Waals surface area contributed by atoms with Crippen LogP contribution in [-0.2, 0) is 0 Å². The number of para-hydroxylation sites is 2. The molecule has 3 aromatic carbocycles. The first-order valence-corrected chi connectivity index (χ1v) is 12.6. The van der Waals surface area contributed by atoms with Gasteiger partial charge in [0.2, 0.25) is 0 Å². The van der Waals surface area contributed by atoms with Crippen LogP contribution in [0.5, 0.6) is 5.75 Å². The molecule has 0 radical (unpaired) electrons. The van der Waals surface area contributed by atoms with Gasteiger partial charge in [-0.05, 0) is 55.0 Å². The fourth-order valence-electron chi connectivity index (χ4n) is 4.83. The van der Waals surface area contributed by atoms with Crippen molar-refractivity contribution in [1.82, 2.24) is 14.4 Å². The summed E-state index contributed by atoms with van der Waals surface area (Å²) in [5.74, 6) is 0.660. The van der Waals surface area contributed by atoms with E-state index < -0.39 is 0 Å². The lowest BCUT2D eigenvalue weighted by Crippen LogP contribution is -2.50. The highest BCUT2D eigenvalue weighted by Gasteiger charge is 2.29. The molecule has 1 aliphatic rings. The third kappa shape index (κ3) is 4.85. The van der Waals surface area contributed by atoms with E-state index in [4.69, 9.17) is 16.3 Å². The minimum atomic E-state index is -0.0480. The Morgan fingerprint density at radius 3 is 2.03 bits per heavy atom. The van der Waals surface area contributed by atoms with Crippen LogP contribution in [0.1, 0.15) is 26.4 Å². The summed E-state index contributed by atoms with van der Waals surface area (Å²) in [5, 5.41) is 0.648. The van der Waals surface area contributed by atoms with Crippen LogP contribution < -0.4 is 4.74 Å². The average Bonchev–Trinajstić information content (AvgIpc) is 3.29.